The van der Waals surface area contributed by atoms with Gasteiger partial charge in [0.1, 0.15) is 17.2 Å². The van der Waals surface area contributed by atoms with Crippen molar-refractivity contribution in [2.24, 2.45) is 0 Å². The molecule has 0 amide bonds. The molecule has 0 spiro atoms. The topological polar surface area (TPSA) is 27.7 Å². The van der Waals surface area contributed by atoms with Gasteiger partial charge in [-0.1, -0.05) is 45.0 Å². The Bertz CT molecular complexity index is 656. The lowest BCUT2D eigenvalue weighted by molar-refractivity contribution is 0.368. The first-order valence-electron chi connectivity index (χ1n) is 8.05. The fourth-order valence-corrected chi connectivity index (χ4v) is 2.76. The van der Waals surface area contributed by atoms with Crippen LogP contribution in [0.15, 0.2) is 36.4 Å². The molecule has 3 heteroatoms. The van der Waals surface area contributed by atoms with Crippen LogP contribution in [0.2, 0.25) is 0 Å². The van der Waals surface area contributed by atoms with Crippen molar-refractivity contribution in [3.8, 4) is 17.2 Å². The summed E-state index contributed by atoms with van der Waals surface area (Å²) >= 11 is 0. The van der Waals surface area contributed by atoms with Crippen LogP contribution in [0.25, 0.3) is 0 Å². The Morgan fingerprint density at radius 2 is 1.33 bits per heavy atom. The molecule has 0 N–H and O–H groups in total. The van der Waals surface area contributed by atoms with E-state index in [0.29, 0.717) is 17.2 Å². The van der Waals surface area contributed by atoms with Crippen LogP contribution in [0, 0.1) is 6.92 Å². The van der Waals surface area contributed by atoms with Gasteiger partial charge in [-0.3, -0.25) is 0 Å². The summed E-state index contributed by atoms with van der Waals surface area (Å²) in [6.45, 7) is 11.0. The monoisotopic (exact) mass is 327 g/mol. The SMILES string of the molecule is [CH2]C(c1ccc(C(C)(C)C)cc1)c1c(OC)cc(OC)cc1OC. The lowest BCUT2D eigenvalue weighted by Gasteiger charge is -2.22. The molecule has 3 nitrogen and oxygen atoms in total. The molecule has 1 atom stereocenters. The second-order valence-electron chi connectivity index (χ2n) is 6.87. The summed E-state index contributed by atoms with van der Waals surface area (Å²) in [6.07, 6.45) is 0. The van der Waals surface area contributed by atoms with Crippen molar-refractivity contribution in [1.82, 2.24) is 0 Å². The Morgan fingerprint density at radius 3 is 1.71 bits per heavy atom. The van der Waals surface area contributed by atoms with E-state index in [-0.39, 0.29) is 11.3 Å². The first kappa shape index (κ1) is 18.2. The van der Waals surface area contributed by atoms with Crippen LogP contribution in [-0.2, 0) is 5.41 Å². The number of methoxy groups -OCH3 is 3. The molecule has 0 aliphatic heterocycles. The van der Waals surface area contributed by atoms with Crippen LogP contribution in [0.1, 0.15) is 43.4 Å². The molecule has 0 fully saturated rings. The summed E-state index contributed by atoms with van der Waals surface area (Å²) in [5.74, 6) is 2.02. The average Bonchev–Trinajstić information content (AvgIpc) is 2.59. The van der Waals surface area contributed by atoms with Gasteiger partial charge in [-0.2, -0.15) is 0 Å². The predicted molar refractivity (Wildman–Crippen MR) is 98.4 cm³/mol. The van der Waals surface area contributed by atoms with E-state index in [0.717, 1.165) is 11.1 Å². The lowest BCUT2D eigenvalue weighted by atomic mass is 9.84. The third-order valence-electron chi connectivity index (χ3n) is 4.28. The van der Waals surface area contributed by atoms with Crippen molar-refractivity contribution in [3.63, 3.8) is 0 Å². The molecular weight excluding hydrogens is 300 g/mol. The first-order valence-corrected chi connectivity index (χ1v) is 8.05. The predicted octanol–water partition coefficient (Wildman–Crippen LogP) is 4.98. The Hall–Kier alpha value is -2.16. The Morgan fingerprint density at radius 1 is 0.833 bits per heavy atom. The van der Waals surface area contributed by atoms with Crippen LogP contribution in [-0.4, -0.2) is 21.3 Å². The van der Waals surface area contributed by atoms with Gasteiger partial charge in [0.25, 0.3) is 0 Å². The summed E-state index contributed by atoms with van der Waals surface area (Å²) < 4.78 is 16.4. The number of rotatable bonds is 5. The van der Waals surface area contributed by atoms with Crippen molar-refractivity contribution >= 4 is 0 Å². The van der Waals surface area contributed by atoms with Gasteiger partial charge in [-0.15, -0.1) is 0 Å². The zero-order valence-corrected chi connectivity index (χ0v) is 15.5. The van der Waals surface area contributed by atoms with Gasteiger partial charge in [-0.25, -0.2) is 0 Å². The number of hydrogen-bond donors (Lipinski definition) is 0. The highest BCUT2D eigenvalue weighted by Gasteiger charge is 2.21. The van der Waals surface area contributed by atoms with E-state index < -0.39 is 0 Å². The van der Waals surface area contributed by atoms with Gasteiger partial charge in [0, 0.05) is 23.6 Å². The third-order valence-corrected chi connectivity index (χ3v) is 4.28. The van der Waals surface area contributed by atoms with E-state index in [1.165, 1.54) is 5.56 Å². The average molecular weight is 327 g/mol. The molecule has 1 radical (unpaired) electrons. The third kappa shape index (κ3) is 3.66. The van der Waals surface area contributed by atoms with Crippen molar-refractivity contribution in [2.75, 3.05) is 21.3 Å². The van der Waals surface area contributed by atoms with Gasteiger partial charge in [0.05, 0.1) is 21.3 Å². The maximum absolute atomic E-state index is 5.55. The normalized spacial score (nSPS) is 12.6. The summed E-state index contributed by atoms with van der Waals surface area (Å²) in [6, 6.07) is 12.3. The summed E-state index contributed by atoms with van der Waals surface area (Å²) in [4.78, 5) is 0. The fourth-order valence-electron chi connectivity index (χ4n) is 2.76. The van der Waals surface area contributed by atoms with Gasteiger partial charge in [0.15, 0.2) is 0 Å². The zero-order valence-electron chi connectivity index (χ0n) is 15.5. The number of hydrogen-bond acceptors (Lipinski definition) is 3. The minimum Gasteiger partial charge on any atom is -0.496 e. The molecule has 129 valence electrons. The van der Waals surface area contributed by atoms with Crippen LogP contribution in [0.4, 0.5) is 0 Å². The van der Waals surface area contributed by atoms with Crippen LogP contribution >= 0.6 is 0 Å². The molecule has 0 bridgehead atoms. The second kappa shape index (κ2) is 7.16. The largest absolute Gasteiger partial charge is 0.496 e. The second-order valence-corrected chi connectivity index (χ2v) is 6.87. The van der Waals surface area contributed by atoms with E-state index in [1.807, 2.05) is 12.1 Å². The molecule has 1 unspecified atom stereocenters. The number of ether oxygens (including phenoxy) is 3. The van der Waals surface area contributed by atoms with Crippen molar-refractivity contribution < 1.29 is 14.2 Å². The molecule has 0 aliphatic rings. The van der Waals surface area contributed by atoms with Crippen LogP contribution < -0.4 is 14.2 Å². The molecule has 0 heterocycles. The molecule has 2 aromatic carbocycles. The Kier molecular flexibility index (Phi) is 5.43. The van der Waals surface area contributed by atoms with Gasteiger partial charge in [0.2, 0.25) is 0 Å². The highest BCUT2D eigenvalue weighted by Crippen LogP contribution is 2.41. The molecule has 2 rings (SSSR count). The number of benzene rings is 2. The maximum atomic E-state index is 5.55. The minimum atomic E-state index is -0.102. The van der Waals surface area contributed by atoms with Crippen LogP contribution in [0.3, 0.4) is 0 Å². The zero-order chi connectivity index (χ0) is 17.9. The highest BCUT2D eigenvalue weighted by atomic mass is 16.5. The molecule has 0 saturated carbocycles. The Balaban J connectivity index is 2.47. The molecule has 0 aromatic heterocycles. The van der Waals surface area contributed by atoms with Gasteiger partial charge in [-0.05, 0) is 23.5 Å². The van der Waals surface area contributed by atoms with E-state index in [1.54, 1.807) is 21.3 Å². The quantitative estimate of drug-likeness (QED) is 0.775. The van der Waals surface area contributed by atoms with Gasteiger partial charge < -0.3 is 14.2 Å². The molecule has 2 aromatic rings. The minimum absolute atomic E-state index is 0.102. The first-order chi connectivity index (χ1) is 11.3. The fraction of sp³-hybridized carbons (Fsp3) is 0.381. The van der Waals surface area contributed by atoms with Crippen molar-refractivity contribution in [1.29, 1.82) is 0 Å². The Labute approximate surface area is 145 Å². The molecule has 0 aliphatic carbocycles. The van der Waals surface area contributed by atoms with E-state index in [4.69, 9.17) is 14.2 Å². The molecule has 24 heavy (non-hydrogen) atoms. The summed E-state index contributed by atoms with van der Waals surface area (Å²) in [7, 11) is 4.92. The van der Waals surface area contributed by atoms with E-state index in [2.05, 4.69) is 52.0 Å². The molecular formula is C21H27O3. The lowest BCUT2D eigenvalue weighted by Crippen LogP contribution is -2.11. The summed E-state index contributed by atoms with van der Waals surface area (Å²) in [5, 5.41) is 0. The standard InChI is InChI=1S/C21H27O3/c1-14(15-8-10-16(11-9-15)21(2,3)4)20-18(23-6)12-17(22-5)13-19(20)24-7/h8-14H,1H2,2-7H3. The van der Waals surface area contributed by atoms with Gasteiger partial charge >= 0.3 is 0 Å². The van der Waals surface area contributed by atoms with Crippen molar-refractivity contribution in [3.05, 3.63) is 60.0 Å². The van der Waals surface area contributed by atoms with Crippen molar-refractivity contribution in [2.45, 2.75) is 32.1 Å². The summed E-state index contributed by atoms with van der Waals surface area (Å²) in [5.41, 5.74) is 3.46. The van der Waals surface area contributed by atoms with E-state index >= 15 is 0 Å². The maximum Gasteiger partial charge on any atom is 0.130 e. The highest BCUT2D eigenvalue weighted by molar-refractivity contribution is 5.55. The van der Waals surface area contributed by atoms with E-state index in [9.17, 15) is 0 Å². The van der Waals surface area contributed by atoms with Crippen LogP contribution in [0.5, 0.6) is 17.2 Å². The molecule has 0 saturated heterocycles. The smallest absolute Gasteiger partial charge is 0.130 e.